The van der Waals surface area contributed by atoms with Crippen molar-refractivity contribution in [2.75, 3.05) is 12.3 Å². The molecule has 0 saturated heterocycles. The lowest BCUT2D eigenvalue weighted by Crippen LogP contribution is -2.25. The lowest BCUT2D eigenvalue weighted by atomic mass is 10.1. The Morgan fingerprint density at radius 1 is 1.22 bits per heavy atom. The molecule has 6 heteroatoms. The van der Waals surface area contributed by atoms with Crippen LogP contribution in [0.4, 0.5) is 0 Å². The number of amides is 2. The summed E-state index contributed by atoms with van der Waals surface area (Å²) >= 11 is 3.88. The van der Waals surface area contributed by atoms with Gasteiger partial charge in [-0.25, -0.2) is 0 Å². The molecule has 126 valence electrons. The van der Waals surface area contributed by atoms with Crippen molar-refractivity contribution in [3.63, 3.8) is 0 Å². The largest absolute Gasteiger partial charge is 0.355 e. The molecular weight excluding hydrogens is 312 g/mol. The van der Waals surface area contributed by atoms with Crippen molar-refractivity contribution in [3.8, 4) is 0 Å². The van der Waals surface area contributed by atoms with Gasteiger partial charge >= 0.3 is 0 Å². The quantitative estimate of drug-likeness (QED) is 0.325. The Hall–Kier alpha value is -1.82. The zero-order valence-electron chi connectivity index (χ0n) is 13.2. The molecule has 0 aliphatic heterocycles. The highest BCUT2D eigenvalue weighted by molar-refractivity contribution is 7.81. The van der Waals surface area contributed by atoms with Gasteiger partial charge in [0.05, 0.1) is 5.75 Å². The first-order valence-electron chi connectivity index (χ1n) is 7.83. The van der Waals surface area contributed by atoms with Crippen LogP contribution in [0.1, 0.15) is 38.5 Å². The number of carbonyl (C=O) groups is 3. The third-order valence-electron chi connectivity index (χ3n) is 3.36. The molecule has 1 aliphatic rings. The summed E-state index contributed by atoms with van der Waals surface area (Å²) < 4.78 is 0. The van der Waals surface area contributed by atoms with Crippen LogP contribution in [0.5, 0.6) is 0 Å². The molecule has 0 atom stereocenters. The first-order chi connectivity index (χ1) is 11.2. The highest BCUT2D eigenvalue weighted by atomic mass is 32.1. The van der Waals surface area contributed by atoms with Crippen LogP contribution in [-0.4, -0.2) is 30.4 Å². The molecule has 0 saturated carbocycles. The SMILES string of the molecule is O=CCC1=CCC(NC(=O)CCCCCNC(=O)CS)=CC=C1. The summed E-state index contributed by atoms with van der Waals surface area (Å²) in [4.78, 5) is 33.4. The van der Waals surface area contributed by atoms with Crippen LogP contribution in [0, 0.1) is 0 Å². The second kappa shape index (κ2) is 11.7. The van der Waals surface area contributed by atoms with Gasteiger partial charge in [0.25, 0.3) is 0 Å². The van der Waals surface area contributed by atoms with Gasteiger partial charge < -0.3 is 15.4 Å². The molecule has 1 rings (SSSR count). The van der Waals surface area contributed by atoms with Crippen LogP contribution in [0.15, 0.2) is 35.6 Å². The maximum atomic E-state index is 11.9. The molecular formula is C17H24N2O3S. The van der Waals surface area contributed by atoms with Crippen LogP contribution >= 0.6 is 12.6 Å². The minimum atomic E-state index is -0.0681. The highest BCUT2D eigenvalue weighted by Gasteiger charge is 2.05. The Labute approximate surface area is 142 Å². The van der Waals surface area contributed by atoms with Gasteiger partial charge in [0.15, 0.2) is 0 Å². The smallest absolute Gasteiger partial charge is 0.229 e. The third kappa shape index (κ3) is 9.03. The van der Waals surface area contributed by atoms with E-state index in [9.17, 15) is 14.4 Å². The highest BCUT2D eigenvalue weighted by Crippen LogP contribution is 2.12. The van der Waals surface area contributed by atoms with Crippen molar-refractivity contribution < 1.29 is 14.4 Å². The number of hydrogen-bond acceptors (Lipinski definition) is 4. The number of carbonyl (C=O) groups excluding carboxylic acids is 3. The van der Waals surface area contributed by atoms with E-state index in [1.807, 2.05) is 24.3 Å². The van der Waals surface area contributed by atoms with Crippen molar-refractivity contribution in [2.45, 2.75) is 38.5 Å². The molecule has 0 spiro atoms. The van der Waals surface area contributed by atoms with Gasteiger partial charge in [-0.05, 0) is 24.5 Å². The van der Waals surface area contributed by atoms with Gasteiger partial charge in [-0.3, -0.25) is 9.59 Å². The molecule has 2 amide bonds. The van der Waals surface area contributed by atoms with E-state index >= 15 is 0 Å². The number of allylic oxidation sites excluding steroid dienone is 5. The fourth-order valence-corrected chi connectivity index (χ4v) is 2.23. The number of nitrogens with one attached hydrogen (secondary N) is 2. The fraction of sp³-hybridized carbons (Fsp3) is 0.471. The minimum absolute atomic E-state index is 0.00344. The van der Waals surface area contributed by atoms with Crippen molar-refractivity contribution in [2.24, 2.45) is 0 Å². The molecule has 0 radical (unpaired) electrons. The maximum Gasteiger partial charge on any atom is 0.229 e. The molecule has 1 aliphatic carbocycles. The lowest BCUT2D eigenvalue weighted by Gasteiger charge is -2.07. The van der Waals surface area contributed by atoms with Crippen LogP contribution in [0.3, 0.4) is 0 Å². The standard InChI is InChI=1S/C17H24N2O3S/c20-12-10-14-5-4-6-15(9-8-14)19-16(21)7-2-1-3-11-18-17(22)13-23/h4-6,8,12,23H,1-3,7,9-11,13H2,(H,18,22)(H,19,21). The normalized spacial score (nSPS) is 13.6. The number of rotatable bonds is 10. The molecule has 0 unspecified atom stereocenters. The molecule has 0 bridgehead atoms. The average molecular weight is 336 g/mol. The van der Waals surface area contributed by atoms with Crippen LogP contribution < -0.4 is 10.6 Å². The van der Waals surface area contributed by atoms with E-state index in [0.29, 0.717) is 25.8 Å². The fourth-order valence-electron chi connectivity index (χ4n) is 2.12. The number of aldehydes is 1. The molecule has 0 aromatic heterocycles. The second-order valence-electron chi connectivity index (χ2n) is 5.27. The lowest BCUT2D eigenvalue weighted by molar-refractivity contribution is -0.121. The number of unbranched alkanes of at least 4 members (excludes halogenated alkanes) is 2. The van der Waals surface area contributed by atoms with Gasteiger partial charge in [0, 0.05) is 31.5 Å². The zero-order valence-corrected chi connectivity index (χ0v) is 14.1. The van der Waals surface area contributed by atoms with Crippen molar-refractivity contribution >= 4 is 30.7 Å². The summed E-state index contributed by atoms with van der Waals surface area (Å²) in [7, 11) is 0. The number of hydrogen-bond donors (Lipinski definition) is 3. The summed E-state index contributed by atoms with van der Waals surface area (Å²) in [5.74, 6) is 0.132. The Balaban J connectivity index is 2.17. The summed E-state index contributed by atoms with van der Waals surface area (Å²) in [6.45, 7) is 0.626. The van der Waals surface area contributed by atoms with Gasteiger partial charge in [-0.15, -0.1) is 0 Å². The minimum Gasteiger partial charge on any atom is -0.355 e. The predicted octanol–water partition coefficient (Wildman–Crippen LogP) is 2.07. The molecule has 2 N–H and O–H groups in total. The second-order valence-corrected chi connectivity index (χ2v) is 5.59. The molecule has 0 heterocycles. The first-order valence-corrected chi connectivity index (χ1v) is 8.46. The molecule has 0 fully saturated rings. The molecule has 23 heavy (non-hydrogen) atoms. The Morgan fingerprint density at radius 2 is 2.04 bits per heavy atom. The van der Waals surface area contributed by atoms with E-state index in [1.54, 1.807) is 0 Å². The summed E-state index contributed by atoms with van der Waals surface area (Å²) in [6, 6.07) is 0. The van der Waals surface area contributed by atoms with E-state index in [4.69, 9.17) is 0 Å². The van der Waals surface area contributed by atoms with Crippen LogP contribution in [0.2, 0.25) is 0 Å². The van der Waals surface area contributed by atoms with Gasteiger partial charge in [-0.1, -0.05) is 24.6 Å². The van der Waals surface area contributed by atoms with Gasteiger partial charge in [0.1, 0.15) is 6.29 Å². The van der Waals surface area contributed by atoms with Crippen molar-refractivity contribution in [3.05, 3.63) is 35.6 Å². The predicted molar refractivity (Wildman–Crippen MR) is 94.1 cm³/mol. The van der Waals surface area contributed by atoms with Crippen LogP contribution in [0.25, 0.3) is 0 Å². The van der Waals surface area contributed by atoms with Gasteiger partial charge in [0.2, 0.25) is 11.8 Å². The maximum absolute atomic E-state index is 11.9. The molecule has 0 aromatic carbocycles. The summed E-state index contributed by atoms with van der Waals surface area (Å²) in [5.41, 5.74) is 1.80. The third-order valence-corrected chi connectivity index (χ3v) is 3.64. The van der Waals surface area contributed by atoms with E-state index in [2.05, 4.69) is 23.3 Å². The summed E-state index contributed by atoms with van der Waals surface area (Å²) in [6.07, 6.45) is 12.4. The number of thiol groups is 1. The van der Waals surface area contributed by atoms with E-state index in [-0.39, 0.29) is 17.6 Å². The topological polar surface area (TPSA) is 75.3 Å². The van der Waals surface area contributed by atoms with Crippen molar-refractivity contribution in [1.29, 1.82) is 0 Å². The van der Waals surface area contributed by atoms with Gasteiger partial charge in [-0.2, -0.15) is 12.6 Å². The van der Waals surface area contributed by atoms with E-state index in [1.165, 1.54) is 0 Å². The van der Waals surface area contributed by atoms with Crippen molar-refractivity contribution in [1.82, 2.24) is 10.6 Å². The molecule has 0 aromatic rings. The monoisotopic (exact) mass is 336 g/mol. The van der Waals surface area contributed by atoms with Crippen LogP contribution in [-0.2, 0) is 14.4 Å². The van der Waals surface area contributed by atoms with E-state index < -0.39 is 0 Å². The Kier molecular flexibility index (Phi) is 9.79. The first kappa shape index (κ1) is 19.2. The zero-order chi connectivity index (χ0) is 16.9. The molecule has 5 nitrogen and oxygen atoms in total. The van der Waals surface area contributed by atoms with E-state index in [0.717, 1.165) is 36.8 Å². The Bertz CT molecular complexity index is 510. The average Bonchev–Trinajstić information content (AvgIpc) is 2.76. The summed E-state index contributed by atoms with van der Waals surface area (Å²) in [5, 5.41) is 5.64. The Morgan fingerprint density at radius 3 is 2.78 bits per heavy atom.